The van der Waals surface area contributed by atoms with Crippen molar-refractivity contribution < 1.29 is 9.72 Å². The highest BCUT2D eigenvalue weighted by Crippen LogP contribution is 2.19. The Morgan fingerprint density at radius 2 is 1.97 bits per heavy atom. The fourth-order valence-corrected chi connectivity index (χ4v) is 3.63. The molecule has 0 fully saturated rings. The van der Waals surface area contributed by atoms with E-state index in [2.05, 4.69) is 50.3 Å². The van der Waals surface area contributed by atoms with Crippen LogP contribution < -0.4 is 10.3 Å². The summed E-state index contributed by atoms with van der Waals surface area (Å²) in [6.45, 7) is 6.29. The number of carbonyl (C=O) groups excluding carboxylic acids is 1. The molecule has 3 aromatic rings. The number of nitrogens with zero attached hydrogens (tertiary/aromatic N) is 5. The highest BCUT2D eigenvalue weighted by atomic mass is 79.9. The minimum absolute atomic E-state index is 0.287. The topological polar surface area (TPSA) is 106 Å². The maximum absolute atomic E-state index is 12.5. The predicted molar refractivity (Wildman–Crippen MR) is 127 cm³/mol. The number of anilines is 1. The van der Waals surface area contributed by atoms with Gasteiger partial charge in [-0.2, -0.15) is 10.2 Å². The van der Waals surface area contributed by atoms with Crippen LogP contribution >= 0.6 is 15.9 Å². The van der Waals surface area contributed by atoms with Crippen molar-refractivity contribution in [3.8, 4) is 0 Å². The maximum Gasteiger partial charge on any atom is 0.320 e. The number of amides is 1. The number of halogens is 1. The van der Waals surface area contributed by atoms with Crippen LogP contribution in [-0.2, 0) is 6.54 Å². The van der Waals surface area contributed by atoms with Gasteiger partial charge in [0, 0.05) is 23.2 Å². The number of carbonyl (C=O) groups is 1. The van der Waals surface area contributed by atoms with Crippen LogP contribution in [0.1, 0.15) is 35.5 Å². The van der Waals surface area contributed by atoms with Crippen molar-refractivity contribution in [1.29, 1.82) is 0 Å². The zero-order chi connectivity index (χ0) is 23.1. The molecule has 32 heavy (non-hydrogen) atoms. The minimum atomic E-state index is -0.749. The van der Waals surface area contributed by atoms with Gasteiger partial charge in [-0.3, -0.25) is 19.6 Å². The van der Waals surface area contributed by atoms with Crippen LogP contribution in [0.4, 0.5) is 11.4 Å². The SMILES string of the molecule is CCN(CC)c1ccc(C=NNC(=O)c2nn(Cc3cccc(Br)c3)cc2[N+](=O)[O-])cc1. The van der Waals surface area contributed by atoms with Crippen LogP contribution in [0.3, 0.4) is 0 Å². The van der Waals surface area contributed by atoms with E-state index in [4.69, 9.17) is 0 Å². The quantitative estimate of drug-likeness (QED) is 0.270. The molecule has 10 heteroatoms. The Hall–Kier alpha value is -3.53. The fourth-order valence-electron chi connectivity index (χ4n) is 3.19. The van der Waals surface area contributed by atoms with E-state index in [-0.39, 0.29) is 17.9 Å². The van der Waals surface area contributed by atoms with Crippen LogP contribution in [0.15, 0.2) is 64.3 Å². The third-order valence-corrected chi connectivity index (χ3v) is 5.28. The second-order valence-electron chi connectivity index (χ2n) is 6.91. The molecular formula is C22H23BrN6O3. The first-order valence-corrected chi connectivity index (χ1v) is 10.8. The van der Waals surface area contributed by atoms with Crippen molar-refractivity contribution in [2.45, 2.75) is 20.4 Å². The highest BCUT2D eigenvalue weighted by Gasteiger charge is 2.25. The smallest absolute Gasteiger partial charge is 0.320 e. The van der Waals surface area contributed by atoms with Crippen LogP contribution in [-0.4, -0.2) is 39.9 Å². The lowest BCUT2D eigenvalue weighted by Crippen LogP contribution is -2.21. The van der Waals surface area contributed by atoms with E-state index in [0.29, 0.717) is 0 Å². The first-order chi connectivity index (χ1) is 15.4. The lowest BCUT2D eigenvalue weighted by atomic mass is 10.2. The Labute approximate surface area is 194 Å². The maximum atomic E-state index is 12.5. The van der Waals surface area contributed by atoms with E-state index in [1.165, 1.54) is 17.1 Å². The van der Waals surface area contributed by atoms with Gasteiger partial charge in [-0.15, -0.1) is 0 Å². The van der Waals surface area contributed by atoms with E-state index in [1.54, 1.807) is 0 Å². The normalized spacial score (nSPS) is 11.0. The van der Waals surface area contributed by atoms with Crippen molar-refractivity contribution in [2.75, 3.05) is 18.0 Å². The molecule has 0 aliphatic rings. The summed E-state index contributed by atoms with van der Waals surface area (Å²) in [5.74, 6) is -0.749. The molecule has 1 amide bonds. The van der Waals surface area contributed by atoms with Crippen LogP contribution in [0.5, 0.6) is 0 Å². The molecule has 0 aliphatic carbocycles. The first-order valence-electron chi connectivity index (χ1n) is 10.1. The van der Waals surface area contributed by atoms with Gasteiger partial charge in [-0.25, -0.2) is 5.43 Å². The minimum Gasteiger partial charge on any atom is -0.372 e. The summed E-state index contributed by atoms with van der Waals surface area (Å²) in [5.41, 5.74) is 4.42. The van der Waals surface area contributed by atoms with Crippen LogP contribution in [0, 0.1) is 10.1 Å². The highest BCUT2D eigenvalue weighted by molar-refractivity contribution is 9.10. The number of nitro groups is 1. The van der Waals surface area contributed by atoms with E-state index in [1.807, 2.05) is 48.5 Å². The van der Waals surface area contributed by atoms with Crippen molar-refractivity contribution in [2.24, 2.45) is 5.10 Å². The molecule has 0 aliphatic heterocycles. The van der Waals surface area contributed by atoms with Crippen LogP contribution in [0.25, 0.3) is 0 Å². The molecule has 2 aromatic carbocycles. The van der Waals surface area contributed by atoms with Gasteiger partial charge in [0.2, 0.25) is 5.69 Å². The Balaban J connectivity index is 1.70. The predicted octanol–water partition coefficient (Wildman–Crippen LogP) is 4.21. The van der Waals surface area contributed by atoms with Gasteiger partial charge < -0.3 is 4.90 Å². The molecule has 9 nitrogen and oxygen atoms in total. The zero-order valence-electron chi connectivity index (χ0n) is 17.7. The Bertz CT molecular complexity index is 1120. The Morgan fingerprint density at radius 3 is 2.59 bits per heavy atom. The molecule has 1 heterocycles. The number of hydrazone groups is 1. The molecule has 1 N–H and O–H groups in total. The molecule has 0 bridgehead atoms. The van der Waals surface area contributed by atoms with Crippen molar-refractivity contribution in [3.05, 3.63) is 86.1 Å². The molecule has 0 atom stereocenters. The molecule has 1 aromatic heterocycles. The Kier molecular flexibility index (Phi) is 7.72. The van der Waals surface area contributed by atoms with Gasteiger partial charge in [0.25, 0.3) is 5.91 Å². The molecule has 166 valence electrons. The average molecular weight is 499 g/mol. The van der Waals surface area contributed by atoms with Gasteiger partial charge in [-0.05, 0) is 49.2 Å². The summed E-state index contributed by atoms with van der Waals surface area (Å²) in [6.07, 6.45) is 2.72. The van der Waals surface area contributed by atoms with Crippen LogP contribution in [0.2, 0.25) is 0 Å². The third-order valence-electron chi connectivity index (χ3n) is 4.79. The first kappa shape index (κ1) is 23.1. The van der Waals surface area contributed by atoms with E-state index in [9.17, 15) is 14.9 Å². The number of hydrogen-bond donors (Lipinski definition) is 1. The second-order valence-corrected chi connectivity index (χ2v) is 7.83. The molecule has 3 rings (SSSR count). The average Bonchev–Trinajstić information content (AvgIpc) is 3.20. The van der Waals surface area contributed by atoms with E-state index < -0.39 is 10.8 Å². The number of nitrogens with one attached hydrogen (secondary N) is 1. The largest absolute Gasteiger partial charge is 0.372 e. The van der Waals surface area contributed by atoms with Gasteiger partial charge in [-0.1, -0.05) is 40.2 Å². The number of aromatic nitrogens is 2. The summed E-state index contributed by atoms with van der Waals surface area (Å²) in [5, 5.41) is 19.4. The monoisotopic (exact) mass is 498 g/mol. The zero-order valence-corrected chi connectivity index (χ0v) is 19.3. The molecule has 0 radical (unpaired) electrons. The van der Waals surface area contributed by atoms with E-state index >= 15 is 0 Å². The standard InChI is InChI=1S/C22H23BrN6O3/c1-3-27(4-2)19-10-8-16(9-11-19)13-24-25-22(30)21-20(29(31)32)15-28(26-21)14-17-6-5-7-18(23)12-17/h5-13,15H,3-4,14H2,1-2H3,(H,25,30). The van der Waals surface area contributed by atoms with Gasteiger partial charge in [0.05, 0.1) is 17.7 Å². The van der Waals surface area contributed by atoms with E-state index in [0.717, 1.165) is 34.4 Å². The number of benzene rings is 2. The molecule has 0 spiro atoms. The lowest BCUT2D eigenvalue weighted by Gasteiger charge is -2.20. The van der Waals surface area contributed by atoms with Crippen molar-refractivity contribution >= 4 is 39.4 Å². The molecule has 0 saturated heterocycles. The molecule has 0 unspecified atom stereocenters. The molecular weight excluding hydrogens is 476 g/mol. The van der Waals surface area contributed by atoms with Gasteiger partial charge in [0.1, 0.15) is 6.20 Å². The summed E-state index contributed by atoms with van der Waals surface area (Å²) in [6, 6.07) is 15.2. The fraction of sp³-hybridized carbons (Fsp3) is 0.227. The summed E-state index contributed by atoms with van der Waals surface area (Å²) >= 11 is 3.39. The lowest BCUT2D eigenvalue weighted by molar-refractivity contribution is -0.385. The Morgan fingerprint density at radius 1 is 1.25 bits per heavy atom. The summed E-state index contributed by atoms with van der Waals surface area (Å²) < 4.78 is 2.25. The second kappa shape index (κ2) is 10.7. The number of rotatable bonds is 9. The van der Waals surface area contributed by atoms with Gasteiger partial charge >= 0.3 is 5.69 Å². The summed E-state index contributed by atoms with van der Waals surface area (Å²) in [7, 11) is 0. The number of hydrogen-bond acceptors (Lipinski definition) is 6. The van der Waals surface area contributed by atoms with Gasteiger partial charge in [0.15, 0.2) is 0 Å². The van der Waals surface area contributed by atoms with Crippen molar-refractivity contribution in [3.63, 3.8) is 0 Å². The molecule has 0 saturated carbocycles. The van der Waals surface area contributed by atoms with Crippen molar-refractivity contribution in [1.82, 2.24) is 15.2 Å². The third kappa shape index (κ3) is 5.79. The summed E-state index contributed by atoms with van der Waals surface area (Å²) in [4.78, 5) is 25.5.